The van der Waals surface area contributed by atoms with Crippen molar-refractivity contribution in [3.63, 3.8) is 0 Å². The number of aliphatic imine (C=N–C) groups is 1. The lowest BCUT2D eigenvalue weighted by Crippen LogP contribution is -2.53. The molecule has 1 heterocycles. The lowest BCUT2D eigenvalue weighted by molar-refractivity contribution is -0.142. The number of carboxylic acids is 1. The smallest absolute Gasteiger partial charge is 0.328 e. The summed E-state index contributed by atoms with van der Waals surface area (Å²) in [7, 11) is -0.415. The molecule has 1 fully saturated rings. The minimum atomic E-state index is -1.33. The molecule has 0 bridgehead atoms. The van der Waals surface area contributed by atoms with Gasteiger partial charge in [-0.3, -0.25) is 14.4 Å². The van der Waals surface area contributed by atoms with Crippen LogP contribution in [-0.2, 0) is 14.4 Å². The van der Waals surface area contributed by atoms with Gasteiger partial charge in [-0.25, -0.2) is 14.1 Å². The molecule has 0 radical (unpaired) electrons. The topological polar surface area (TPSA) is 192 Å². The number of carbonyl (C=O) groups is 4. The molecule has 1 unspecified atom stereocenters. The van der Waals surface area contributed by atoms with Crippen LogP contribution in [0.25, 0.3) is 0 Å². The van der Waals surface area contributed by atoms with Crippen LogP contribution in [0.1, 0.15) is 30.1 Å². The largest absolute Gasteiger partial charge is 0.480 e. The highest BCUT2D eigenvalue weighted by Crippen LogP contribution is 2.36. The van der Waals surface area contributed by atoms with Crippen LogP contribution < -0.4 is 27.4 Å². The third-order valence-electron chi connectivity index (χ3n) is 5.86. The van der Waals surface area contributed by atoms with Gasteiger partial charge in [0.2, 0.25) is 11.8 Å². The van der Waals surface area contributed by atoms with Gasteiger partial charge in [0.1, 0.15) is 6.04 Å². The van der Waals surface area contributed by atoms with Gasteiger partial charge in [0.25, 0.3) is 5.91 Å². The minimum Gasteiger partial charge on any atom is -0.480 e. The zero-order valence-corrected chi connectivity index (χ0v) is 22.3. The fourth-order valence-corrected chi connectivity index (χ4v) is 6.13. The molecule has 1 saturated heterocycles. The number of hydrogen-bond acceptors (Lipinski definition) is 6. The lowest BCUT2D eigenvalue weighted by Gasteiger charge is -2.28. The Morgan fingerprint density at radius 2 is 1.87 bits per heavy atom. The number of amides is 3. The first-order chi connectivity index (χ1) is 18.7. The van der Waals surface area contributed by atoms with Crippen LogP contribution in [0, 0.1) is 0 Å². The van der Waals surface area contributed by atoms with Crippen LogP contribution >= 0.6 is 10.7 Å². The number of nitrogens with one attached hydrogen (secondary N) is 3. The highest BCUT2D eigenvalue weighted by molar-refractivity contribution is 8.13. The number of aliphatic carboxylic acids is 1. The molecule has 3 atom stereocenters. The molecule has 1 aliphatic heterocycles. The van der Waals surface area contributed by atoms with Crippen molar-refractivity contribution in [1.82, 2.24) is 20.3 Å². The summed E-state index contributed by atoms with van der Waals surface area (Å²) in [6, 6.07) is 14.2. The van der Waals surface area contributed by atoms with E-state index in [9.17, 15) is 24.3 Å². The van der Waals surface area contributed by atoms with Crippen molar-refractivity contribution in [2.24, 2.45) is 16.5 Å². The highest BCUT2D eigenvalue weighted by atomic mass is 32.2. The molecule has 0 saturated carbocycles. The summed E-state index contributed by atoms with van der Waals surface area (Å²) in [5.41, 5.74) is 11.3. The number of guanidine groups is 1. The monoisotopic (exact) mass is 555 g/mol. The van der Waals surface area contributed by atoms with E-state index in [-0.39, 0.29) is 18.1 Å². The molecule has 0 aromatic heterocycles. The van der Waals surface area contributed by atoms with Gasteiger partial charge in [0.15, 0.2) is 5.96 Å². The second-order valence-electron chi connectivity index (χ2n) is 8.64. The van der Waals surface area contributed by atoms with Crippen molar-refractivity contribution >= 4 is 51.4 Å². The molecule has 13 heteroatoms. The van der Waals surface area contributed by atoms with E-state index in [1.54, 1.807) is 12.1 Å². The first-order valence-corrected chi connectivity index (χ1v) is 13.6. The van der Waals surface area contributed by atoms with Crippen LogP contribution in [0.4, 0.5) is 5.69 Å². The Labute approximate surface area is 228 Å². The predicted octanol–water partition coefficient (Wildman–Crippen LogP) is 0.536. The van der Waals surface area contributed by atoms with Gasteiger partial charge >= 0.3 is 5.97 Å². The normalized spacial score (nSPS) is 16.6. The van der Waals surface area contributed by atoms with Gasteiger partial charge in [0, 0.05) is 23.5 Å². The van der Waals surface area contributed by atoms with Gasteiger partial charge in [-0.1, -0.05) is 34.9 Å². The SMILES string of the molecule is C/C=S(\c1ccccc1)N1CCC[C@H]1C(=O)N[C@@H](CNC(=O)CNC(=O)c1cccc(N=C(N)N)c1)C(=O)O. The molecule has 8 N–H and O–H groups in total. The first kappa shape index (κ1) is 29.3. The molecule has 0 aliphatic carbocycles. The van der Waals surface area contributed by atoms with Crippen LogP contribution in [-0.4, -0.2) is 76.1 Å². The van der Waals surface area contributed by atoms with Gasteiger partial charge in [-0.2, -0.15) is 0 Å². The molecule has 1 aliphatic rings. The minimum absolute atomic E-state index is 0.159. The van der Waals surface area contributed by atoms with Crippen molar-refractivity contribution < 1.29 is 24.3 Å². The summed E-state index contributed by atoms with van der Waals surface area (Å²) in [6.45, 7) is 1.92. The molecular weight excluding hydrogens is 522 g/mol. The molecule has 208 valence electrons. The van der Waals surface area contributed by atoms with Crippen molar-refractivity contribution in [3.05, 3.63) is 60.2 Å². The van der Waals surface area contributed by atoms with Crippen LogP contribution in [0.5, 0.6) is 0 Å². The van der Waals surface area contributed by atoms with E-state index in [0.717, 1.165) is 11.3 Å². The van der Waals surface area contributed by atoms with E-state index in [2.05, 4.69) is 25.2 Å². The summed E-state index contributed by atoms with van der Waals surface area (Å²) in [4.78, 5) is 54.6. The van der Waals surface area contributed by atoms with Crippen LogP contribution in [0.15, 0.2) is 64.5 Å². The van der Waals surface area contributed by atoms with Crippen molar-refractivity contribution in [3.8, 4) is 0 Å². The Morgan fingerprint density at radius 3 is 2.54 bits per heavy atom. The van der Waals surface area contributed by atoms with Gasteiger partial charge in [0.05, 0.1) is 18.3 Å². The number of nitrogens with two attached hydrogens (primary N) is 2. The first-order valence-electron chi connectivity index (χ1n) is 12.3. The molecule has 0 spiro atoms. The van der Waals surface area contributed by atoms with Gasteiger partial charge < -0.3 is 32.5 Å². The summed E-state index contributed by atoms with van der Waals surface area (Å²) in [5, 5.41) is 19.2. The Hall–Kier alpha value is -4.23. The predicted molar refractivity (Wildman–Crippen MR) is 151 cm³/mol. The second-order valence-corrected chi connectivity index (χ2v) is 10.7. The van der Waals surface area contributed by atoms with Crippen molar-refractivity contribution in [1.29, 1.82) is 0 Å². The standard InChI is InChI=1S/C26H33N7O5S/c1-2-39(19-10-4-3-5-11-19)33-13-7-12-21(33)24(36)32-20(25(37)38)15-29-22(34)16-30-23(35)17-8-6-9-18(14-17)31-26(27)28/h2-6,8-11,14,20-21H,7,12-13,15-16H2,1H3,(H,29,34)(H,30,35)(H,32,36)(H,37,38)(H4,27,28,31)/t20-,21-,39?/m0/s1. The van der Waals surface area contributed by atoms with Crippen molar-refractivity contribution in [2.75, 3.05) is 19.6 Å². The maximum atomic E-state index is 13.1. The van der Waals surface area contributed by atoms with E-state index >= 15 is 0 Å². The summed E-state index contributed by atoms with van der Waals surface area (Å²) < 4.78 is 2.08. The van der Waals surface area contributed by atoms with Gasteiger partial charge in [-0.15, -0.1) is 0 Å². The Morgan fingerprint density at radius 1 is 1.13 bits per heavy atom. The molecule has 2 aromatic carbocycles. The Bertz CT molecular complexity index is 1260. The van der Waals surface area contributed by atoms with Gasteiger partial charge in [-0.05, 0) is 55.5 Å². The summed E-state index contributed by atoms with van der Waals surface area (Å²) >= 11 is 0. The maximum absolute atomic E-state index is 13.1. The number of rotatable bonds is 11. The van der Waals surface area contributed by atoms with Crippen LogP contribution in [0.3, 0.4) is 0 Å². The third kappa shape index (κ3) is 8.38. The number of nitrogens with zero attached hydrogens (tertiary/aromatic N) is 2. The zero-order valence-electron chi connectivity index (χ0n) is 21.5. The van der Waals surface area contributed by atoms with E-state index in [0.29, 0.717) is 18.7 Å². The lowest BCUT2D eigenvalue weighted by atomic mass is 10.2. The van der Waals surface area contributed by atoms with Crippen molar-refractivity contribution in [2.45, 2.75) is 36.7 Å². The molecule has 2 aromatic rings. The molecular formula is C26H33N7O5S. The second kappa shape index (κ2) is 14.1. The molecule has 39 heavy (non-hydrogen) atoms. The molecule has 3 rings (SSSR count). The van der Waals surface area contributed by atoms with E-state index in [4.69, 9.17) is 11.5 Å². The number of hydrogen-bond donors (Lipinski definition) is 6. The molecule has 3 amide bonds. The fraction of sp³-hybridized carbons (Fsp3) is 0.308. The quantitative estimate of drug-likeness (QED) is 0.131. The number of benzene rings is 2. The zero-order chi connectivity index (χ0) is 28.4. The van der Waals surface area contributed by atoms with E-state index < -0.39 is 53.0 Å². The molecule has 12 nitrogen and oxygen atoms in total. The average Bonchev–Trinajstić information content (AvgIpc) is 3.40. The Kier molecular flexibility index (Phi) is 10.6. The van der Waals surface area contributed by atoms with Crippen LogP contribution in [0.2, 0.25) is 0 Å². The average molecular weight is 556 g/mol. The summed E-state index contributed by atoms with van der Waals surface area (Å²) in [5.74, 6) is -2.99. The van der Waals surface area contributed by atoms with E-state index in [1.165, 1.54) is 12.1 Å². The van der Waals surface area contributed by atoms with E-state index in [1.807, 2.05) is 42.6 Å². The number of carbonyl (C=O) groups excluding carboxylic acids is 3. The number of carboxylic acid groups (broad SMARTS) is 1. The summed E-state index contributed by atoms with van der Waals surface area (Å²) in [6.07, 6.45) is 1.41. The maximum Gasteiger partial charge on any atom is 0.328 e. The highest BCUT2D eigenvalue weighted by Gasteiger charge is 2.35. The Balaban J connectivity index is 1.54. The fourth-order valence-electron chi connectivity index (χ4n) is 4.08. The third-order valence-corrected chi connectivity index (χ3v) is 8.00.